The van der Waals surface area contributed by atoms with Crippen LogP contribution in [0.3, 0.4) is 0 Å². The number of aromatic nitrogens is 2. The zero-order chi connectivity index (χ0) is 13.2. The topological polar surface area (TPSA) is 26.9 Å². The second-order valence-electron chi connectivity index (χ2n) is 5.93. The van der Waals surface area contributed by atoms with Crippen molar-refractivity contribution >= 4 is 12.6 Å². The van der Waals surface area contributed by atoms with E-state index >= 15 is 0 Å². The summed E-state index contributed by atoms with van der Waals surface area (Å²) >= 11 is 4.54. The zero-order valence-corrected chi connectivity index (χ0v) is 12.3. The molecule has 0 atom stereocenters. The number of hydrogen-bond donors (Lipinski definition) is 1. The molecule has 4 heteroatoms. The highest BCUT2D eigenvalue weighted by Gasteiger charge is 2.31. The lowest BCUT2D eigenvalue weighted by Gasteiger charge is -2.36. The van der Waals surface area contributed by atoms with Crippen LogP contribution in [0.15, 0.2) is 17.2 Å². The van der Waals surface area contributed by atoms with E-state index in [-0.39, 0.29) is 17.1 Å². The summed E-state index contributed by atoms with van der Waals surface area (Å²) in [7, 11) is 0. The van der Waals surface area contributed by atoms with E-state index in [1.165, 1.54) is 32.1 Å². The molecular weight excluding hydrogens is 244 g/mol. The van der Waals surface area contributed by atoms with Gasteiger partial charge < -0.3 is 0 Å². The lowest BCUT2D eigenvalue weighted by atomic mass is 9.75. The Kier molecular flexibility index (Phi) is 4.25. The fourth-order valence-corrected chi connectivity index (χ4v) is 3.39. The Morgan fingerprint density at radius 1 is 1.28 bits per heavy atom. The molecule has 1 aliphatic carbocycles. The van der Waals surface area contributed by atoms with E-state index < -0.39 is 0 Å². The van der Waals surface area contributed by atoms with Gasteiger partial charge in [0.2, 0.25) is 0 Å². The predicted molar refractivity (Wildman–Crippen MR) is 78.4 cm³/mol. The molecule has 1 aromatic heterocycles. The van der Waals surface area contributed by atoms with Crippen LogP contribution in [0.5, 0.6) is 0 Å². The molecule has 1 fully saturated rings. The maximum Gasteiger partial charge on any atom is 0.328 e. The van der Waals surface area contributed by atoms with Gasteiger partial charge in [-0.15, -0.1) is 0 Å². The quantitative estimate of drug-likeness (QED) is 0.835. The Hall–Kier alpha value is -0.640. The maximum absolute atomic E-state index is 12.2. The summed E-state index contributed by atoms with van der Waals surface area (Å²) in [5, 5.41) is 0. The predicted octanol–water partition coefficient (Wildman–Crippen LogP) is 3.11. The van der Waals surface area contributed by atoms with Gasteiger partial charge in [0.25, 0.3) is 0 Å². The molecule has 2 rings (SSSR count). The Labute approximate surface area is 115 Å². The maximum atomic E-state index is 12.2. The lowest BCUT2D eigenvalue weighted by Crippen LogP contribution is -2.36. The first kappa shape index (κ1) is 13.8. The van der Waals surface area contributed by atoms with Gasteiger partial charge >= 0.3 is 5.69 Å². The van der Waals surface area contributed by atoms with Gasteiger partial charge in [-0.3, -0.25) is 9.13 Å². The zero-order valence-electron chi connectivity index (χ0n) is 11.4. The molecule has 0 aliphatic heterocycles. The second-order valence-corrected chi connectivity index (χ2v) is 6.24. The van der Waals surface area contributed by atoms with Crippen LogP contribution in [0.4, 0.5) is 0 Å². The van der Waals surface area contributed by atoms with E-state index in [2.05, 4.69) is 12.6 Å². The molecule has 102 valence electrons. The highest BCUT2D eigenvalue weighted by molar-refractivity contribution is 7.80. The van der Waals surface area contributed by atoms with E-state index in [9.17, 15) is 4.79 Å². The fraction of sp³-hybridized carbons (Fsp3) is 0.786. The van der Waals surface area contributed by atoms with E-state index in [0.717, 1.165) is 12.3 Å². The molecule has 0 bridgehead atoms. The van der Waals surface area contributed by atoms with E-state index in [4.69, 9.17) is 0 Å². The molecule has 0 aromatic carbocycles. The van der Waals surface area contributed by atoms with Gasteiger partial charge in [-0.1, -0.05) is 19.3 Å². The van der Waals surface area contributed by atoms with Crippen molar-refractivity contribution in [2.24, 2.45) is 5.41 Å². The lowest BCUT2D eigenvalue weighted by molar-refractivity contribution is 0.187. The molecule has 1 heterocycles. The summed E-state index contributed by atoms with van der Waals surface area (Å²) < 4.78 is 3.68. The van der Waals surface area contributed by atoms with Crippen LogP contribution in [0.2, 0.25) is 0 Å². The number of hydrogen-bond acceptors (Lipinski definition) is 2. The normalized spacial score (nSPS) is 19.3. The summed E-state index contributed by atoms with van der Waals surface area (Å²) in [6, 6.07) is 0.233. The Morgan fingerprint density at radius 2 is 1.94 bits per heavy atom. The SMILES string of the molecule is CC(C)n1ccn(CC2(CS)CCCCC2)c1=O. The van der Waals surface area contributed by atoms with Gasteiger partial charge in [0.05, 0.1) is 0 Å². The van der Waals surface area contributed by atoms with Gasteiger partial charge in [0.15, 0.2) is 0 Å². The van der Waals surface area contributed by atoms with E-state index in [0.29, 0.717) is 0 Å². The average Bonchev–Trinajstić information content (AvgIpc) is 2.72. The van der Waals surface area contributed by atoms with Crippen molar-refractivity contribution in [3.63, 3.8) is 0 Å². The molecule has 0 unspecified atom stereocenters. The first-order valence-corrected chi connectivity index (χ1v) is 7.59. The Balaban J connectivity index is 2.19. The number of nitrogens with zero attached hydrogens (tertiary/aromatic N) is 2. The van der Waals surface area contributed by atoms with Crippen LogP contribution in [-0.4, -0.2) is 14.9 Å². The van der Waals surface area contributed by atoms with Crippen molar-refractivity contribution in [1.29, 1.82) is 0 Å². The summed E-state index contributed by atoms with van der Waals surface area (Å²) in [6.45, 7) is 4.91. The number of rotatable bonds is 4. The molecular formula is C14H24N2OS. The van der Waals surface area contributed by atoms with Gasteiger partial charge in [-0.25, -0.2) is 4.79 Å². The summed E-state index contributed by atoms with van der Waals surface area (Å²) in [5.41, 5.74) is 0.352. The first-order chi connectivity index (χ1) is 8.58. The summed E-state index contributed by atoms with van der Waals surface area (Å²) in [4.78, 5) is 12.2. The smallest absolute Gasteiger partial charge is 0.299 e. The van der Waals surface area contributed by atoms with Gasteiger partial charge in [-0.2, -0.15) is 12.6 Å². The molecule has 1 aromatic rings. The number of thiol groups is 1. The molecule has 1 aliphatic rings. The van der Waals surface area contributed by atoms with Crippen molar-refractivity contribution in [2.75, 3.05) is 5.75 Å². The second kappa shape index (κ2) is 5.55. The highest BCUT2D eigenvalue weighted by atomic mass is 32.1. The molecule has 0 amide bonds. The first-order valence-electron chi connectivity index (χ1n) is 6.96. The van der Waals surface area contributed by atoms with Crippen molar-refractivity contribution in [3.8, 4) is 0 Å². The monoisotopic (exact) mass is 268 g/mol. The third-order valence-corrected chi connectivity index (χ3v) is 4.86. The highest BCUT2D eigenvalue weighted by Crippen LogP contribution is 2.38. The molecule has 18 heavy (non-hydrogen) atoms. The Morgan fingerprint density at radius 3 is 2.44 bits per heavy atom. The van der Waals surface area contributed by atoms with Crippen molar-refractivity contribution < 1.29 is 0 Å². The number of imidazole rings is 1. The van der Waals surface area contributed by atoms with E-state index in [1.807, 2.05) is 30.8 Å². The Bertz CT molecular complexity index is 441. The van der Waals surface area contributed by atoms with Crippen molar-refractivity contribution in [2.45, 2.75) is 58.5 Å². The van der Waals surface area contributed by atoms with Gasteiger partial charge in [0, 0.05) is 25.0 Å². The minimum atomic E-state index is 0.122. The standard InChI is InChI=1S/C14H24N2OS/c1-12(2)16-9-8-15(13(16)17)10-14(11-18)6-4-3-5-7-14/h8-9,12,18H,3-7,10-11H2,1-2H3. The van der Waals surface area contributed by atoms with Crippen LogP contribution in [0.1, 0.15) is 52.0 Å². The largest absolute Gasteiger partial charge is 0.328 e. The molecule has 3 nitrogen and oxygen atoms in total. The summed E-state index contributed by atoms with van der Waals surface area (Å²) in [5.74, 6) is 0.881. The molecule has 0 N–H and O–H groups in total. The third kappa shape index (κ3) is 2.68. The van der Waals surface area contributed by atoms with Gasteiger partial charge in [0.1, 0.15) is 0 Å². The van der Waals surface area contributed by atoms with E-state index in [1.54, 1.807) is 4.57 Å². The average molecular weight is 268 g/mol. The third-order valence-electron chi connectivity index (χ3n) is 4.19. The van der Waals surface area contributed by atoms with Crippen LogP contribution in [0.25, 0.3) is 0 Å². The fourth-order valence-electron chi connectivity index (χ4n) is 2.97. The summed E-state index contributed by atoms with van der Waals surface area (Å²) in [6.07, 6.45) is 10.1. The van der Waals surface area contributed by atoms with Crippen LogP contribution >= 0.6 is 12.6 Å². The van der Waals surface area contributed by atoms with Crippen LogP contribution < -0.4 is 5.69 Å². The van der Waals surface area contributed by atoms with Crippen LogP contribution in [-0.2, 0) is 6.54 Å². The molecule has 0 saturated heterocycles. The molecule has 0 spiro atoms. The van der Waals surface area contributed by atoms with Crippen molar-refractivity contribution in [1.82, 2.24) is 9.13 Å². The van der Waals surface area contributed by atoms with Crippen molar-refractivity contribution in [3.05, 3.63) is 22.9 Å². The minimum Gasteiger partial charge on any atom is -0.299 e. The van der Waals surface area contributed by atoms with Gasteiger partial charge in [-0.05, 0) is 37.9 Å². The minimum absolute atomic E-state index is 0.122. The molecule has 0 radical (unpaired) electrons. The molecule has 1 saturated carbocycles. The van der Waals surface area contributed by atoms with Crippen LogP contribution in [0, 0.1) is 5.41 Å².